The zero-order valence-electron chi connectivity index (χ0n) is 11.8. The molecule has 0 spiro atoms. The molecule has 2 rings (SSSR count). The molecule has 0 aliphatic heterocycles. The number of hydrogen-bond donors (Lipinski definition) is 1. The Hall–Kier alpha value is -2.11. The predicted molar refractivity (Wildman–Crippen MR) is 77.8 cm³/mol. The molecule has 1 heterocycles. The first-order valence-corrected chi connectivity index (χ1v) is 6.85. The molecule has 1 N–H and O–H groups in total. The molecule has 0 fully saturated rings. The maximum Gasteiger partial charge on any atom is 0.295 e. The Bertz CT molecular complexity index is 592. The lowest BCUT2D eigenvalue weighted by Crippen LogP contribution is -2.02. The number of aromatic nitrogens is 1. The number of nitrogens with zero attached hydrogens (tertiary/aromatic N) is 2. The topological polar surface area (TPSA) is 81.2 Å². The van der Waals surface area contributed by atoms with E-state index in [4.69, 9.17) is 4.42 Å². The number of unbranched alkanes of at least 4 members (excludes halogenated alkanes) is 1. The Balaban J connectivity index is 1.93. The molecule has 1 aromatic heterocycles. The lowest BCUT2D eigenvalue weighted by molar-refractivity contribution is -0.384. The summed E-state index contributed by atoms with van der Waals surface area (Å²) in [5, 5.41) is 13.8. The van der Waals surface area contributed by atoms with Crippen LogP contribution in [-0.2, 0) is 0 Å². The molecular formula is C14H19N3O3. The number of oxazole rings is 1. The van der Waals surface area contributed by atoms with E-state index in [9.17, 15) is 10.1 Å². The van der Waals surface area contributed by atoms with Crippen LogP contribution in [0.1, 0.15) is 33.1 Å². The van der Waals surface area contributed by atoms with Gasteiger partial charge in [-0.1, -0.05) is 26.7 Å². The van der Waals surface area contributed by atoms with Crippen molar-refractivity contribution in [2.75, 3.05) is 11.9 Å². The minimum atomic E-state index is -0.437. The largest absolute Gasteiger partial charge is 0.424 e. The van der Waals surface area contributed by atoms with E-state index in [1.807, 2.05) is 0 Å². The number of anilines is 1. The van der Waals surface area contributed by atoms with Crippen LogP contribution in [0.25, 0.3) is 11.1 Å². The number of hydrogen-bond acceptors (Lipinski definition) is 5. The van der Waals surface area contributed by atoms with Crippen LogP contribution in [-0.4, -0.2) is 16.5 Å². The molecule has 2 aromatic rings. The van der Waals surface area contributed by atoms with Gasteiger partial charge in [-0.15, -0.1) is 0 Å². The minimum absolute atomic E-state index is 0.0225. The van der Waals surface area contributed by atoms with Crippen molar-refractivity contribution in [3.8, 4) is 0 Å². The van der Waals surface area contributed by atoms with Gasteiger partial charge in [0.2, 0.25) is 0 Å². The van der Waals surface area contributed by atoms with E-state index in [1.54, 1.807) is 6.07 Å². The van der Waals surface area contributed by atoms with Gasteiger partial charge in [-0.25, -0.2) is 0 Å². The van der Waals surface area contributed by atoms with Gasteiger partial charge in [0.25, 0.3) is 11.7 Å². The molecule has 0 bridgehead atoms. The Morgan fingerprint density at radius 2 is 2.20 bits per heavy atom. The number of nitro benzene ring substituents is 1. The molecular weight excluding hydrogens is 258 g/mol. The standard InChI is InChI=1S/C14H19N3O3/c1-10(2)5-3-4-8-15-14-16-12-9-11(17(18)19)6-7-13(12)20-14/h6-7,9-10H,3-5,8H2,1-2H3,(H,15,16). The molecule has 0 saturated heterocycles. The summed E-state index contributed by atoms with van der Waals surface area (Å²) in [7, 11) is 0. The fourth-order valence-electron chi connectivity index (χ4n) is 1.98. The maximum absolute atomic E-state index is 10.7. The highest BCUT2D eigenvalue weighted by Gasteiger charge is 2.11. The third kappa shape index (κ3) is 3.69. The fourth-order valence-corrected chi connectivity index (χ4v) is 1.98. The van der Waals surface area contributed by atoms with Crippen LogP contribution in [0.15, 0.2) is 22.6 Å². The zero-order chi connectivity index (χ0) is 14.5. The molecule has 6 nitrogen and oxygen atoms in total. The Morgan fingerprint density at radius 1 is 1.40 bits per heavy atom. The van der Waals surface area contributed by atoms with E-state index in [1.165, 1.54) is 18.6 Å². The molecule has 0 amide bonds. The van der Waals surface area contributed by atoms with Crippen molar-refractivity contribution in [3.05, 3.63) is 28.3 Å². The molecule has 0 aliphatic carbocycles. The second-order valence-corrected chi connectivity index (χ2v) is 5.24. The minimum Gasteiger partial charge on any atom is -0.424 e. The first-order valence-electron chi connectivity index (χ1n) is 6.85. The van der Waals surface area contributed by atoms with Crippen LogP contribution < -0.4 is 5.32 Å². The summed E-state index contributed by atoms with van der Waals surface area (Å²) in [6.07, 6.45) is 3.43. The van der Waals surface area contributed by atoms with Crippen molar-refractivity contribution in [3.63, 3.8) is 0 Å². The third-order valence-electron chi connectivity index (χ3n) is 3.07. The van der Waals surface area contributed by atoms with Crippen molar-refractivity contribution >= 4 is 22.8 Å². The van der Waals surface area contributed by atoms with Crippen molar-refractivity contribution in [2.45, 2.75) is 33.1 Å². The second-order valence-electron chi connectivity index (χ2n) is 5.24. The fraction of sp³-hybridized carbons (Fsp3) is 0.500. The SMILES string of the molecule is CC(C)CCCCNc1nc2cc([N+](=O)[O-])ccc2o1. The molecule has 0 unspecified atom stereocenters. The number of rotatable bonds is 7. The second kappa shape index (κ2) is 6.36. The van der Waals surface area contributed by atoms with Gasteiger partial charge in [0.15, 0.2) is 5.58 Å². The van der Waals surface area contributed by atoms with Crippen LogP contribution in [0.3, 0.4) is 0 Å². The van der Waals surface area contributed by atoms with Crippen LogP contribution in [0.2, 0.25) is 0 Å². The van der Waals surface area contributed by atoms with Crippen LogP contribution in [0.4, 0.5) is 11.7 Å². The van der Waals surface area contributed by atoms with Gasteiger partial charge in [0.05, 0.1) is 4.92 Å². The van der Waals surface area contributed by atoms with Gasteiger partial charge < -0.3 is 9.73 Å². The smallest absolute Gasteiger partial charge is 0.295 e. The van der Waals surface area contributed by atoms with E-state index >= 15 is 0 Å². The molecule has 0 atom stereocenters. The number of non-ortho nitro benzene ring substituents is 1. The lowest BCUT2D eigenvalue weighted by Gasteiger charge is -2.04. The maximum atomic E-state index is 10.7. The summed E-state index contributed by atoms with van der Waals surface area (Å²) in [5.41, 5.74) is 1.08. The van der Waals surface area contributed by atoms with Crippen LogP contribution in [0.5, 0.6) is 0 Å². The normalized spacial score (nSPS) is 11.2. The van der Waals surface area contributed by atoms with E-state index < -0.39 is 4.92 Å². The highest BCUT2D eigenvalue weighted by molar-refractivity contribution is 5.77. The monoisotopic (exact) mass is 277 g/mol. The molecule has 1 aromatic carbocycles. The van der Waals surface area contributed by atoms with Crippen molar-refractivity contribution in [1.29, 1.82) is 0 Å². The number of nitro groups is 1. The van der Waals surface area contributed by atoms with Gasteiger partial charge in [-0.05, 0) is 18.4 Å². The van der Waals surface area contributed by atoms with Gasteiger partial charge >= 0.3 is 0 Å². The van der Waals surface area contributed by atoms with Crippen molar-refractivity contribution < 1.29 is 9.34 Å². The van der Waals surface area contributed by atoms with Gasteiger partial charge in [0.1, 0.15) is 5.52 Å². The van der Waals surface area contributed by atoms with E-state index in [2.05, 4.69) is 24.1 Å². The summed E-state index contributed by atoms with van der Waals surface area (Å²) in [6.45, 7) is 5.21. The van der Waals surface area contributed by atoms with Gasteiger partial charge in [0, 0.05) is 18.7 Å². The van der Waals surface area contributed by atoms with Gasteiger partial charge in [-0.3, -0.25) is 10.1 Å². The average molecular weight is 277 g/mol. The highest BCUT2D eigenvalue weighted by atomic mass is 16.6. The first kappa shape index (κ1) is 14.3. The number of fused-ring (bicyclic) bond motifs is 1. The van der Waals surface area contributed by atoms with Gasteiger partial charge in [-0.2, -0.15) is 4.98 Å². The molecule has 6 heteroatoms. The summed E-state index contributed by atoms with van der Waals surface area (Å²) < 4.78 is 5.49. The summed E-state index contributed by atoms with van der Waals surface area (Å²) in [5.74, 6) is 0.722. The van der Waals surface area contributed by atoms with E-state index in [0.717, 1.165) is 25.3 Å². The van der Waals surface area contributed by atoms with Crippen LogP contribution >= 0.6 is 0 Å². The lowest BCUT2D eigenvalue weighted by atomic mass is 10.1. The average Bonchev–Trinajstić information content (AvgIpc) is 2.79. The molecule has 0 saturated carbocycles. The van der Waals surface area contributed by atoms with Crippen molar-refractivity contribution in [1.82, 2.24) is 4.98 Å². The summed E-state index contributed by atoms with van der Waals surface area (Å²) in [6, 6.07) is 4.83. The zero-order valence-corrected chi connectivity index (χ0v) is 11.8. The Morgan fingerprint density at radius 3 is 2.90 bits per heavy atom. The summed E-state index contributed by atoms with van der Waals surface area (Å²) in [4.78, 5) is 14.5. The molecule has 0 radical (unpaired) electrons. The number of nitrogens with one attached hydrogen (secondary N) is 1. The molecule has 20 heavy (non-hydrogen) atoms. The number of benzene rings is 1. The third-order valence-corrected chi connectivity index (χ3v) is 3.07. The van der Waals surface area contributed by atoms with E-state index in [-0.39, 0.29) is 5.69 Å². The quantitative estimate of drug-likeness (QED) is 0.470. The Labute approximate surface area is 117 Å². The predicted octanol–water partition coefficient (Wildman–Crippen LogP) is 3.97. The van der Waals surface area contributed by atoms with Crippen molar-refractivity contribution in [2.24, 2.45) is 5.92 Å². The molecule has 0 aliphatic rings. The summed E-state index contributed by atoms with van der Waals surface area (Å²) >= 11 is 0. The van der Waals surface area contributed by atoms with Crippen LogP contribution in [0, 0.1) is 16.0 Å². The molecule has 108 valence electrons. The van der Waals surface area contributed by atoms with E-state index in [0.29, 0.717) is 17.1 Å². The Kier molecular flexibility index (Phi) is 4.55. The highest BCUT2D eigenvalue weighted by Crippen LogP contribution is 2.23. The first-order chi connectivity index (χ1) is 9.56.